The number of carbonyl (C=O) groups excluding carboxylic acids is 5. The highest BCUT2D eigenvalue weighted by atomic mass is 16.6. The highest BCUT2D eigenvalue weighted by Crippen LogP contribution is 2.30. The number of likely N-dealkylation sites (tertiary alicyclic amines) is 1. The fraction of sp³-hybridized carbons (Fsp3) is 0.395. The molecule has 2 saturated heterocycles. The molecular weight excluding hydrogens is 624 g/mol. The normalized spacial score (nSPS) is 20.4. The van der Waals surface area contributed by atoms with E-state index in [1.807, 2.05) is 48.5 Å². The second-order valence-electron chi connectivity index (χ2n) is 13.6. The first-order chi connectivity index (χ1) is 23.5. The minimum Gasteiger partial charge on any atom is -0.488 e. The molecule has 0 aliphatic carbocycles. The van der Waals surface area contributed by atoms with E-state index < -0.39 is 29.7 Å². The van der Waals surface area contributed by atoms with E-state index in [1.54, 1.807) is 32.9 Å². The molecule has 2 N–H and O–H groups in total. The molecule has 0 bridgehead atoms. The molecule has 0 aromatic heterocycles. The van der Waals surface area contributed by atoms with Crippen molar-refractivity contribution in [1.82, 2.24) is 20.4 Å². The van der Waals surface area contributed by atoms with E-state index in [-0.39, 0.29) is 43.3 Å². The molecule has 1 unspecified atom stereocenters. The zero-order valence-corrected chi connectivity index (χ0v) is 27.9. The van der Waals surface area contributed by atoms with Crippen molar-refractivity contribution in [1.29, 1.82) is 0 Å². The van der Waals surface area contributed by atoms with Gasteiger partial charge >= 0.3 is 6.09 Å². The topological polar surface area (TPSA) is 134 Å². The third kappa shape index (κ3) is 7.70. The van der Waals surface area contributed by atoms with Crippen LogP contribution >= 0.6 is 0 Å². The maximum atomic E-state index is 13.4. The van der Waals surface area contributed by atoms with Crippen LogP contribution < -0.4 is 15.4 Å². The Morgan fingerprint density at radius 1 is 1.02 bits per heavy atom. The lowest BCUT2D eigenvalue weighted by Gasteiger charge is -2.29. The maximum absolute atomic E-state index is 13.4. The van der Waals surface area contributed by atoms with E-state index in [2.05, 4.69) is 22.5 Å². The van der Waals surface area contributed by atoms with E-state index in [9.17, 15) is 24.0 Å². The minimum atomic E-state index is -0.747. The molecule has 3 aromatic carbocycles. The Hall–Kier alpha value is -5.37. The molecule has 49 heavy (non-hydrogen) atoms. The lowest BCUT2D eigenvalue weighted by Crippen LogP contribution is -2.52. The van der Waals surface area contributed by atoms with Crippen LogP contribution in [0.4, 0.5) is 4.79 Å². The maximum Gasteiger partial charge on any atom is 0.411 e. The minimum absolute atomic E-state index is 0.194. The van der Waals surface area contributed by atoms with E-state index in [0.29, 0.717) is 49.1 Å². The highest BCUT2D eigenvalue weighted by molar-refractivity contribution is 6.05. The molecule has 11 heteroatoms. The molecule has 11 nitrogen and oxygen atoms in total. The summed E-state index contributed by atoms with van der Waals surface area (Å²) in [4.78, 5) is 66.5. The lowest BCUT2D eigenvalue weighted by atomic mass is 10.0. The number of imide groups is 1. The molecule has 5 amide bonds. The molecule has 254 valence electrons. The van der Waals surface area contributed by atoms with Gasteiger partial charge in [0.1, 0.15) is 29.5 Å². The van der Waals surface area contributed by atoms with Gasteiger partial charge in [0.05, 0.1) is 6.54 Å². The van der Waals surface area contributed by atoms with Gasteiger partial charge in [-0.25, -0.2) is 4.79 Å². The molecule has 3 aliphatic heterocycles. The van der Waals surface area contributed by atoms with Crippen molar-refractivity contribution in [2.24, 2.45) is 0 Å². The quantitative estimate of drug-likeness (QED) is 0.219. The van der Waals surface area contributed by atoms with Crippen molar-refractivity contribution >= 4 is 40.5 Å². The van der Waals surface area contributed by atoms with E-state index in [4.69, 9.17) is 9.47 Å². The third-order valence-corrected chi connectivity index (χ3v) is 8.80. The summed E-state index contributed by atoms with van der Waals surface area (Å²) in [5.41, 5.74) is 1.27. The molecule has 3 aliphatic rings. The molecule has 0 saturated carbocycles. The molecular formula is C38H40N4O7. The molecule has 2 fully saturated rings. The van der Waals surface area contributed by atoms with Gasteiger partial charge in [0.25, 0.3) is 5.91 Å². The average molecular weight is 665 g/mol. The number of amides is 5. The van der Waals surface area contributed by atoms with Gasteiger partial charge in [-0.2, -0.15) is 0 Å². The predicted octanol–water partition coefficient (Wildman–Crippen LogP) is 4.31. The fourth-order valence-electron chi connectivity index (χ4n) is 6.45. The van der Waals surface area contributed by atoms with Gasteiger partial charge in [0, 0.05) is 43.5 Å². The smallest absolute Gasteiger partial charge is 0.411 e. The second-order valence-corrected chi connectivity index (χ2v) is 13.6. The standard InChI is InChI=1S/C38H40N4O7/c1-38(2,3)49-37(47)42-22-28(48-27-16-15-24-10-6-7-12-26(24)20-27)21-32(42)34(44)39-19-8-4-5-11-25-13-9-14-29-30(25)23-41(36(29)46)31-17-18-33(43)40-35(31)45/h6-7,9-10,12-16,20,28,31-32H,4,8,17-19,21-23H2,1-3H3,(H,39,44)(H,40,43,45)/t28-,31?,32-/m0/s1. The average Bonchev–Trinajstić information content (AvgIpc) is 3.63. The summed E-state index contributed by atoms with van der Waals surface area (Å²) >= 11 is 0. The van der Waals surface area contributed by atoms with Crippen molar-refractivity contribution in [3.63, 3.8) is 0 Å². The number of hydrogen-bond acceptors (Lipinski definition) is 7. The Kier molecular flexibility index (Phi) is 9.58. The van der Waals surface area contributed by atoms with Crippen LogP contribution in [-0.2, 0) is 25.7 Å². The summed E-state index contributed by atoms with van der Waals surface area (Å²) in [6.07, 6.45) is 0.929. The first-order valence-electron chi connectivity index (χ1n) is 16.6. The number of carbonyl (C=O) groups is 5. The van der Waals surface area contributed by atoms with Gasteiger partial charge < -0.3 is 19.7 Å². The third-order valence-electron chi connectivity index (χ3n) is 8.80. The Morgan fingerprint density at radius 2 is 1.82 bits per heavy atom. The van der Waals surface area contributed by atoms with Gasteiger partial charge in [0.2, 0.25) is 17.7 Å². The molecule has 0 radical (unpaired) electrons. The van der Waals surface area contributed by atoms with Gasteiger partial charge in [-0.3, -0.25) is 29.4 Å². The lowest BCUT2D eigenvalue weighted by molar-refractivity contribution is -0.137. The Bertz CT molecular complexity index is 1870. The number of benzene rings is 3. The monoisotopic (exact) mass is 664 g/mol. The van der Waals surface area contributed by atoms with Gasteiger partial charge in [0.15, 0.2) is 0 Å². The SMILES string of the molecule is CC(C)(C)OC(=O)N1C[C@@H](Oc2ccc3ccccc3c2)C[C@H]1C(=O)NCCCC#Cc1cccc2c1CN(C1CCC(=O)NC1=O)C2=O. The van der Waals surface area contributed by atoms with Crippen LogP contribution in [-0.4, -0.2) is 76.4 Å². The van der Waals surface area contributed by atoms with Gasteiger partial charge in [-0.15, -0.1) is 0 Å². The zero-order valence-electron chi connectivity index (χ0n) is 27.9. The number of unbranched alkanes of at least 4 members (excludes halogenated alkanes) is 1. The molecule has 0 spiro atoms. The van der Waals surface area contributed by atoms with Crippen molar-refractivity contribution < 1.29 is 33.4 Å². The van der Waals surface area contributed by atoms with Crippen molar-refractivity contribution in [3.05, 3.63) is 77.4 Å². The fourth-order valence-corrected chi connectivity index (χ4v) is 6.45. The van der Waals surface area contributed by atoms with Crippen LogP contribution in [0.2, 0.25) is 0 Å². The number of nitrogens with zero attached hydrogens (tertiary/aromatic N) is 2. The summed E-state index contributed by atoms with van der Waals surface area (Å²) in [5, 5.41) is 7.41. The molecule has 3 heterocycles. The van der Waals surface area contributed by atoms with Crippen LogP contribution in [0.1, 0.15) is 74.4 Å². The number of fused-ring (bicyclic) bond motifs is 2. The second kappa shape index (κ2) is 14.0. The summed E-state index contributed by atoms with van der Waals surface area (Å²) in [6, 6.07) is 17.7. The van der Waals surface area contributed by atoms with Crippen LogP contribution in [0, 0.1) is 11.8 Å². The molecule has 3 aromatic rings. The number of hydrogen-bond donors (Lipinski definition) is 2. The van der Waals surface area contributed by atoms with Crippen LogP contribution in [0.3, 0.4) is 0 Å². The largest absolute Gasteiger partial charge is 0.488 e. The van der Waals surface area contributed by atoms with Gasteiger partial charge in [-0.05, 0) is 74.2 Å². The first-order valence-corrected chi connectivity index (χ1v) is 16.6. The van der Waals surface area contributed by atoms with Crippen molar-refractivity contribution in [3.8, 4) is 17.6 Å². The van der Waals surface area contributed by atoms with Crippen LogP contribution in [0.25, 0.3) is 10.8 Å². The number of nitrogens with one attached hydrogen (secondary N) is 2. The number of rotatable bonds is 7. The Labute approximate surface area is 285 Å². The Morgan fingerprint density at radius 3 is 2.59 bits per heavy atom. The summed E-state index contributed by atoms with van der Waals surface area (Å²) in [6.45, 7) is 6.19. The van der Waals surface area contributed by atoms with Crippen molar-refractivity contribution in [2.45, 2.75) is 83.2 Å². The molecule has 6 rings (SSSR count). The summed E-state index contributed by atoms with van der Waals surface area (Å²) < 4.78 is 11.9. The van der Waals surface area contributed by atoms with E-state index in [0.717, 1.165) is 16.3 Å². The Balaban J connectivity index is 1.04. The van der Waals surface area contributed by atoms with Gasteiger partial charge in [-0.1, -0.05) is 48.2 Å². The van der Waals surface area contributed by atoms with Crippen molar-refractivity contribution in [2.75, 3.05) is 13.1 Å². The van der Waals surface area contributed by atoms with E-state index >= 15 is 0 Å². The summed E-state index contributed by atoms with van der Waals surface area (Å²) in [5.74, 6) is 5.66. The number of ether oxygens (including phenoxy) is 2. The first kappa shape index (κ1) is 33.5. The van der Waals surface area contributed by atoms with Crippen LogP contribution in [0.15, 0.2) is 60.7 Å². The highest BCUT2D eigenvalue weighted by Gasteiger charge is 2.43. The van der Waals surface area contributed by atoms with E-state index in [1.165, 1.54) is 9.80 Å². The molecule has 3 atom stereocenters. The predicted molar refractivity (Wildman–Crippen MR) is 181 cm³/mol. The zero-order chi connectivity index (χ0) is 34.7. The summed E-state index contributed by atoms with van der Waals surface area (Å²) in [7, 11) is 0. The van der Waals surface area contributed by atoms with Crippen LogP contribution in [0.5, 0.6) is 5.75 Å². The number of piperidine rings is 1.